The standard InChI is InChI=1S/C14H19FN4/c1-10(2)12(8-16)14(15)13-9-17-18-19(13)11-6-4-3-5-7-11/h3-7,9-10,12,14H,8,16H2,1-2H3. The van der Waals surface area contributed by atoms with Crippen LogP contribution in [0.4, 0.5) is 4.39 Å². The van der Waals surface area contributed by atoms with Gasteiger partial charge < -0.3 is 5.73 Å². The van der Waals surface area contributed by atoms with Gasteiger partial charge in [-0.3, -0.25) is 0 Å². The molecule has 0 aliphatic rings. The van der Waals surface area contributed by atoms with E-state index in [1.807, 2.05) is 44.2 Å². The van der Waals surface area contributed by atoms with Crippen molar-refractivity contribution >= 4 is 0 Å². The zero-order valence-electron chi connectivity index (χ0n) is 11.2. The number of hydrogen-bond donors (Lipinski definition) is 1. The molecule has 0 amide bonds. The Balaban J connectivity index is 2.34. The Bertz CT molecular complexity index is 509. The van der Waals surface area contributed by atoms with Crippen LogP contribution in [0.5, 0.6) is 0 Å². The molecule has 19 heavy (non-hydrogen) atoms. The molecule has 1 aromatic carbocycles. The van der Waals surface area contributed by atoms with Gasteiger partial charge in [0.2, 0.25) is 0 Å². The number of alkyl halides is 1. The molecule has 102 valence electrons. The minimum Gasteiger partial charge on any atom is -0.330 e. The van der Waals surface area contributed by atoms with Crippen molar-refractivity contribution in [1.29, 1.82) is 0 Å². The fourth-order valence-electron chi connectivity index (χ4n) is 2.15. The molecular weight excluding hydrogens is 243 g/mol. The Kier molecular flexibility index (Phi) is 4.27. The highest BCUT2D eigenvalue weighted by atomic mass is 19.1. The first kappa shape index (κ1) is 13.7. The lowest BCUT2D eigenvalue weighted by Crippen LogP contribution is -2.26. The Morgan fingerprint density at radius 2 is 1.95 bits per heavy atom. The normalized spacial score (nSPS) is 14.6. The average Bonchev–Trinajstić information content (AvgIpc) is 2.89. The number of rotatable bonds is 5. The number of nitrogens with zero attached hydrogens (tertiary/aromatic N) is 3. The van der Waals surface area contributed by atoms with Crippen LogP contribution in [0.3, 0.4) is 0 Å². The Hall–Kier alpha value is -1.75. The van der Waals surface area contributed by atoms with Gasteiger partial charge in [-0.05, 0) is 24.6 Å². The van der Waals surface area contributed by atoms with E-state index in [0.717, 1.165) is 5.69 Å². The van der Waals surface area contributed by atoms with Gasteiger partial charge >= 0.3 is 0 Å². The second-order valence-electron chi connectivity index (χ2n) is 4.95. The van der Waals surface area contributed by atoms with Gasteiger partial charge in [-0.2, -0.15) is 0 Å². The van der Waals surface area contributed by atoms with Crippen molar-refractivity contribution in [3.8, 4) is 5.69 Å². The number of nitrogens with two attached hydrogens (primary N) is 1. The van der Waals surface area contributed by atoms with E-state index in [0.29, 0.717) is 12.2 Å². The minimum absolute atomic E-state index is 0.166. The topological polar surface area (TPSA) is 56.7 Å². The summed E-state index contributed by atoms with van der Waals surface area (Å²) in [4.78, 5) is 0. The molecule has 0 saturated heterocycles. The van der Waals surface area contributed by atoms with Crippen LogP contribution in [-0.2, 0) is 0 Å². The number of benzene rings is 1. The van der Waals surface area contributed by atoms with Crippen LogP contribution in [0.15, 0.2) is 36.5 Å². The number of hydrogen-bond acceptors (Lipinski definition) is 3. The third-order valence-electron chi connectivity index (χ3n) is 3.36. The molecular formula is C14H19FN4. The second kappa shape index (κ2) is 5.93. The first-order valence-electron chi connectivity index (χ1n) is 6.45. The predicted octanol–water partition coefficient (Wildman–Crippen LogP) is 2.51. The Morgan fingerprint density at radius 3 is 2.53 bits per heavy atom. The van der Waals surface area contributed by atoms with Gasteiger partial charge in [0.05, 0.1) is 17.6 Å². The maximum Gasteiger partial charge on any atom is 0.148 e. The monoisotopic (exact) mass is 262 g/mol. The molecule has 0 bridgehead atoms. The van der Waals surface area contributed by atoms with Gasteiger partial charge in [-0.1, -0.05) is 37.3 Å². The van der Waals surface area contributed by atoms with E-state index in [9.17, 15) is 4.39 Å². The summed E-state index contributed by atoms with van der Waals surface area (Å²) in [5.74, 6) is -0.0694. The molecule has 0 aliphatic heterocycles. The largest absolute Gasteiger partial charge is 0.330 e. The molecule has 0 spiro atoms. The maximum atomic E-state index is 14.6. The fourth-order valence-corrected chi connectivity index (χ4v) is 2.15. The Labute approximate surface area is 112 Å². The lowest BCUT2D eigenvalue weighted by atomic mass is 9.90. The van der Waals surface area contributed by atoms with Gasteiger partial charge in [0.25, 0.3) is 0 Å². The minimum atomic E-state index is -1.17. The molecule has 5 heteroatoms. The summed E-state index contributed by atoms with van der Waals surface area (Å²) in [6, 6.07) is 9.42. The quantitative estimate of drug-likeness (QED) is 0.900. The van der Waals surface area contributed by atoms with Crippen molar-refractivity contribution in [3.63, 3.8) is 0 Å². The van der Waals surface area contributed by atoms with Gasteiger partial charge in [0.15, 0.2) is 0 Å². The average molecular weight is 262 g/mol. The van der Waals surface area contributed by atoms with E-state index in [4.69, 9.17) is 5.73 Å². The van der Waals surface area contributed by atoms with Crippen molar-refractivity contribution < 1.29 is 4.39 Å². The van der Waals surface area contributed by atoms with E-state index in [-0.39, 0.29) is 11.8 Å². The molecule has 0 radical (unpaired) electrons. The summed E-state index contributed by atoms with van der Waals surface area (Å²) >= 11 is 0. The van der Waals surface area contributed by atoms with Crippen LogP contribution >= 0.6 is 0 Å². The molecule has 0 fully saturated rings. The number of para-hydroxylation sites is 1. The van der Waals surface area contributed by atoms with Crippen LogP contribution in [0, 0.1) is 11.8 Å². The van der Waals surface area contributed by atoms with Gasteiger partial charge in [-0.25, -0.2) is 9.07 Å². The molecule has 0 aliphatic carbocycles. The summed E-state index contributed by atoms with van der Waals surface area (Å²) in [6.45, 7) is 4.25. The first-order chi connectivity index (χ1) is 9.15. The lowest BCUT2D eigenvalue weighted by Gasteiger charge is -2.23. The van der Waals surface area contributed by atoms with Gasteiger partial charge in [0, 0.05) is 5.92 Å². The van der Waals surface area contributed by atoms with Gasteiger partial charge in [-0.15, -0.1) is 5.10 Å². The van der Waals surface area contributed by atoms with Crippen molar-refractivity contribution in [2.75, 3.05) is 6.54 Å². The highest BCUT2D eigenvalue weighted by Gasteiger charge is 2.28. The molecule has 1 aromatic heterocycles. The van der Waals surface area contributed by atoms with Crippen LogP contribution in [0.1, 0.15) is 25.7 Å². The lowest BCUT2D eigenvalue weighted by molar-refractivity contribution is 0.181. The van der Waals surface area contributed by atoms with Crippen LogP contribution in [0.2, 0.25) is 0 Å². The molecule has 0 saturated carbocycles. The summed E-state index contributed by atoms with van der Waals surface area (Å²) < 4.78 is 16.2. The second-order valence-corrected chi connectivity index (χ2v) is 4.95. The third-order valence-corrected chi connectivity index (χ3v) is 3.36. The molecule has 2 unspecified atom stereocenters. The SMILES string of the molecule is CC(C)C(CN)C(F)c1cnnn1-c1ccccc1. The van der Waals surface area contributed by atoms with Crippen molar-refractivity contribution in [2.45, 2.75) is 20.0 Å². The van der Waals surface area contributed by atoms with Crippen LogP contribution in [-0.4, -0.2) is 21.5 Å². The zero-order valence-corrected chi connectivity index (χ0v) is 11.2. The molecule has 2 aromatic rings. The number of aromatic nitrogens is 3. The third kappa shape index (κ3) is 2.81. The molecule has 2 rings (SSSR count). The van der Waals surface area contributed by atoms with Crippen molar-refractivity contribution in [3.05, 3.63) is 42.2 Å². The van der Waals surface area contributed by atoms with Gasteiger partial charge in [0.1, 0.15) is 6.17 Å². The van der Waals surface area contributed by atoms with E-state index in [1.165, 1.54) is 10.9 Å². The van der Waals surface area contributed by atoms with E-state index >= 15 is 0 Å². The fraction of sp³-hybridized carbons (Fsp3) is 0.429. The highest BCUT2D eigenvalue weighted by Crippen LogP contribution is 2.31. The summed E-state index contributed by atoms with van der Waals surface area (Å²) in [5.41, 5.74) is 6.94. The maximum absolute atomic E-state index is 14.6. The summed E-state index contributed by atoms with van der Waals surface area (Å²) in [5, 5.41) is 7.80. The molecule has 4 nitrogen and oxygen atoms in total. The van der Waals surface area contributed by atoms with E-state index in [1.54, 1.807) is 0 Å². The molecule has 2 atom stereocenters. The highest BCUT2D eigenvalue weighted by molar-refractivity contribution is 5.32. The smallest absolute Gasteiger partial charge is 0.148 e. The predicted molar refractivity (Wildman–Crippen MR) is 72.6 cm³/mol. The van der Waals surface area contributed by atoms with E-state index in [2.05, 4.69) is 10.3 Å². The zero-order chi connectivity index (χ0) is 13.8. The van der Waals surface area contributed by atoms with Crippen LogP contribution in [0.25, 0.3) is 5.69 Å². The summed E-state index contributed by atoms with van der Waals surface area (Å²) in [7, 11) is 0. The first-order valence-corrected chi connectivity index (χ1v) is 6.45. The molecule has 1 heterocycles. The van der Waals surface area contributed by atoms with E-state index < -0.39 is 6.17 Å². The Morgan fingerprint density at radius 1 is 1.26 bits per heavy atom. The summed E-state index contributed by atoms with van der Waals surface area (Å²) in [6.07, 6.45) is 0.308. The van der Waals surface area contributed by atoms with Crippen molar-refractivity contribution in [2.24, 2.45) is 17.6 Å². The molecule has 2 N–H and O–H groups in total. The van der Waals surface area contributed by atoms with Crippen LogP contribution < -0.4 is 5.73 Å². The number of halogens is 1. The van der Waals surface area contributed by atoms with Crippen molar-refractivity contribution in [1.82, 2.24) is 15.0 Å².